The summed E-state index contributed by atoms with van der Waals surface area (Å²) in [6, 6.07) is 14.1. The first-order valence-corrected chi connectivity index (χ1v) is 8.63. The highest BCUT2D eigenvalue weighted by molar-refractivity contribution is 6.04. The van der Waals surface area contributed by atoms with E-state index in [1.165, 1.54) is 10.9 Å². The lowest BCUT2D eigenvalue weighted by atomic mass is 10.0. The minimum absolute atomic E-state index is 0.00378. The van der Waals surface area contributed by atoms with Gasteiger partial charge >= 0.3 is 0 Å². The molecule has 138 valence electrons. The second-order valence-corrected chi connectivity index (χ2v) is 6.39. The number of aryl methyl sites for hydroxylation is 1. The molecule has 0 aliphatic carbocycles. The van der Waals surface area contributed by atoms with Crippen LogP contribution in [0.25, 0.3) is 5.69 Å². The van der Waals surface area contributed by atoms with Crippen molar-refractivity contribution in [3.05, 3.63) is 65.4 Å². The number of hydrogen-bond acceptors (Lipinski definition) is 5. The summed E-state index contributed by atoms with van der Waals surface area (Å²) >= 11 is 0. The number of nitrogens with one attached hydrogen (secondary N) is 2. The van der Waals surface area contributed by atoms with Gasteiger partial charge in [-0.15, -0.1) is 0 Å². The molecule has 8 nitrogen and oxygen atoms in total. The van der Waals surface area contributed by atoms with E-state index in [0.29, 0.717) is 35.3 Å². The van der Waals surface area contributed by atoms with Gasteiger partial charge in [0.05, 0.1) is 11.9 Å². The lowest BCUT2D eigenvalue weighted by Crippen LogP contribution is -2.19. The molecular weight excluding hydrogens is 356 g/mol. The minimum atomic E-state index is -0.252. The number of nitrogen functional groups attached to an aromatic ring is 1. The van der Waals surface area contributed by atoms with E-state index >= 15 is 0 Å². The van der Waals surface area contributed by atoms with E-state index in [4.69, 9.17) is 11.0 Å². The Morgan fingerprint density at radius 3 is 2.71 bits per heavy atom. The van der Waals surface area contributed by atoms with Gasteiger partial charge < -0.3 is 16.4 Å². The van der Waals surface area contributed by atoms with Crippen molar-refractivity contribution >= 4 is 29.0 Å². The van der Waals surface area contributed by atoms with Crippen LogP contribution in [0.4, 0.5) is 17.2 Å². The molecule has 0 bridgehead atoms. The van der Waals surface area contributed by atoms with Crippen molar-refractivity contribution in [3.8, 4) is 11.8 Å². The van der Waals surface area contributed by atoms with Gasteiger partial charge in [0.25, 0.3) is 5.91 Å². The van der Waals surface area contributed by atoms with Crippen LogP contribution in [-0.4, -0.2) is 21.6 Å². The number of amides is 2. The average molecular weight is 372 g/mol. The highest BCUT2D eigenvalue weighted by atomic mass is 16.2. The molecule has 2 aromatic carbocycles. The molecule has 1 aromatic heterocycles. The van der Waals surface area contributed by atoms with Crippen LogP contribution < -0.4 is 16.4 Å². The monoisotopic (exact) mass is 372 g/mol. The second-order valence-electron chi connectivity index (χ2n) is 6.39. The highest BCUT2D eigenvalue weighted by Crippen LogP contribution is 2.26. The van der Waals surface area contributed by atoms with Gasteiger partial charge in [-0.2, -0.15) is 10.4 Å². The van der Waals surface area contributed by atoms with Crippen LogP contribution in [-0.2, 0) is 11.2 Å². The van der Waals surface area contributed by atoms with E-state index in [0.717, 1.165) is 11.3 Å². The van der Waals surface area contributed by atoms with Gasteiger partial charge in [0.15, 0.2) is 0 Å². The summed E-state index contributed by atoms with van der Waals surface area (Å²) in [7, 11) is 0. The Morgan fingerprint density at radius 1 is 1.21 bits per heavy atom. The fraction of sp³-hybridized carbons (Fsp3) is 0.100. The van der Waals surface area contributed by atoms with Crippen LogP contribution in [0.2, 0.25) is 0 Å². The Morgan fingerprint density at radius 2 is 2.00 bits per heavy atom. The van der Waals surface area contributed by atoms with Crippen LogP contribution >= 0.6 is 0 Å². The summed E-state index contributed by atoms with van der Waals surface area (Å²) in [4.78, 5) is 24.0. The molecule has 0 fully saturated rings. The summed E-state index contributed by atoms with van der Waals surface area (Å²) in [6.45, 7) is 0. The van der Waals surface area contributed by atoms with Gasteiger partial charge in [-0.05, 0) is 54.4 Å². The van der Waals surface area contributed by atoms with Crippen molar-refractivity contribution in [3.63, 3.8) is 0 Å². The Hall–Kier alpha value is -4.12. The first-order chi connectivity index (χ1) is 13.5. The molecule has 0 saturated carbocycles. The number of nitrogens with two attached hydrogens (primary N) is 1. The maximum atomic E-state index is 12.5. The van der Waals surface area contributed by atoms with E-state index in [-0.39, 0.29) is 17.6 Å². The van der Waals surface area contributed by atoms with Crippen molar-refractivity contribution < 1.29 is 9.59 Å². The molecule has 4 rings (SSSR count). The topological polar surface area (TPSA) is 126 Å². The number of rotatable bonds is 3. The molecule has 1 aliphatic rings. The zero-order chi connectivity index (χ0) is 19.7. The molecular formula is C20H16N6O2. The largest absolute Gasteiger partial charge is 0.382 e. The van der Waals surface area contributed by atoms with E-state index < -0.39 is 0 Å². The molecule has 0 saturated heterocycles. The maximum Gasteiger partial charge on any atom is 0.255 e. The fourth-order valence-corrected chi connectivity index (χ4v) is 3.07. The molecule has 0 radical (unpaired) electrons. The van der Waals surface area contributed by atoms with E-state index in [2.05, 4.69) is 15.7 Å². The van der Waals surface area contributed by atoms with Crippen LogP contribution in [0.3, 0.4) is 0 Å². The predicted octanol–water partition coefficient (Wildman–Crippen LogP) is 2.46. The number of benzene rings is 2. The third-order valence-electron chi connectivity index (χ3n) is 4.56. The number of nitriles is 1. The Labute approximate surface area is 160 Å². The van der Waals surface area contributed by atoms with E-state index in [9.17, 15) is 9.59 Å². The van der Waals surface area contributed by atoms with Crippen LogP contribution in [0, 0.1) is 11.3 Å². The molecule has 28 heavy (non-hydrogen) atoms. The zero-order valence-corrected chi connectivity index (χ0v) is 14.8. The van der Waals surface area contributed by atoms with Gasteiger partial charge in [0, 0.05) is 23.4 Å². The van der Waals surface area contributed by atoms with Crippen molar-refractivity contribution in [2.45, 2.75) is 12.8 Å². The van der Waals surface area contributed by atoms with Gasteiger partial charge in [0.1, 0.15) is 17.5 Å². The molecule has 3 aromatic rings. The lowest BCUT2D eigenvalue weighted by molar-refractivity contribution is -0.116. The van der Waals surface area contributed by atoms with Crippen molar-refractivity contribution in [1.29, 1.82) is 5.26 Å². The van der Waals surface area contributed by atoms with Gasteiger partial charge in [0.2, 0.25) is 5.91 Å². The normalized spacial score (nSPS) is 12.6. The lowest BCUT2D eigenvalue weighted by Gasteiger charge is -2.17. The molecule has 0 unspecified atom stereocenters. The quantitative estimate of drug-likeness (QED) is 0.651. The molecule has 1 aliphatic heterocycles. The first-order valence-electron chi connectivity index (χ1n) is 8.63. The minimum Gasteiger partial charge on any atom is -0.382 e. The Kier molecular flexibility index (Phi) is 4.26. The fourth-order valence-electron chi connectivity index (χ4n) is 3.07. The standard InChI is InChI=1S/C20H16N6O2/c21-10-14-11-23-26(19(14)22)16-5-1-12(2-6-16)20(28)24-15-4-7-17-13(9-15)3-8-18(27)25-17/h1-2,4-7,9,11H,3,8,22H2,(H,24,28)(H,25,27). The number of fused-ring (bicyclic) bond motifs is 1. The average Bonchev–Trinajstić information content (AvgIpc) is 3.08. The Balaban J connectivity index is 1.50. The number of anilines is 3. The molecule has 2 amide bonds. The van der Waals surface area contributed by atoms with Crippen LogP contribution in [0.1, 0.15) is 27.9 Å². The third-order valence-corrected chi connectivity index (χ3v) is 4.56. The first kappa shape index (κ1) is 17.3. The maximum absolute atomic E-state index is 12.5. The number of hydrogen-bond donors (Lipinski definition) is 3. The second kappa shape index (κ2) is 6.89. The predicted molar refractivity (Wildman–Crippen MR) is 104 cm³/mol. The number of carbonyl (C=O) groups excluding carboxylic acids is 2. The summed E-state index contributed by atoms with van der Waals surface area (Å²) in [5.41, 5.74) is 9.75. The summed E-state index contributed by atoms with van der Waals surface area (Å²) in [5.74, 6) is 0.00225. The molecule has 0 spiro atoms. The van der Waals surface area contributed by atoms with Gasteiger partial charge in [-0.25, -0.2) is 4.68 Å². The molecule has 0 atom stereocenters. The van der Waals surface area contributed by atoms with Gasteiger partial charge in [-0.1, -0.05) is 0 Å². The summed E-state index contributed by atoms with van der Waals surface area (Å²) < 4.78 is 1.44. The number of aromatic nitrogens is 2. The van der Waals surface area contributed by atoms with E-state index in [1.807, 2.05) is 12.1 Å². The third kappa shape index (κ3) is 3.17. The zero-order valence-electron chi connectivity index (χ0n) is 14.8. The summed E-state index contributed by atoms with van der Waals surface area (Å²) in [6.07, 6.45) is 2.49. The van der Waals surface area contributed by atoms with Crippen LogP contribution in [0.15, 0.2) is 48.7 Å². The van der Waals surface area contributed by atoms with Crippen molar-refractivity contribution in [1.82, 2.24) is 9.78 Å². The molecule has 2 heterocycles. The summed E-state index contributed by atoms with van der Waals surface area (Å²) in [5, 5.41) is 18.7. The smallest absolute Gasteiger partial charge is 0.255 e. The Bertz CT molecular complexity index is 1120. The highest BCUT2D eigenvalue weighted by Gasteiger charge is 2.16. The van der Waals surface area contributed by atoms with Crippen molar-refractivity contribution in [2.24, 2.45) is 0 Å². The number of nitrogens with zero attached hydrogens (tertiary/aromatic N) is 3. The van der Waals surface area contributed by atoms with Crippen molar-refractivity contribution in [2.75, 3.05) is 16.4 Å². The molecule has 8 heteroatoms. The van der Waals surface area contributed by atoms with Crippen LogP contribution in [0.5, 0.6) is 0 Å². The van der Waals surface area contributed by atoms with E-state index in [1.54, 1.807) is 36.4 Å². The SMILES string of the molecule is N#Cc1cnn(-c2ccc(C(=O)Nc3ccc4c(c3)CCC(=O)N4)cc2)c1N. The molecule has 4 N–H and O–H groups in total. The number of carbonyl (C=O) groups is 2. The van der Waals surface area contributed by atoms with Gasteiger partial charge in [-0.3, -0.25) is 9.59 Å².